The van der Waals surface area contributed by atoms with E-state index >= 15 is 0 Å². The zero-order valence-corrected chi connectivity index (χ0v) is 17.1. The van der Waals surface area contributed by atoms with Crippen LogP contribution >= 0.6 is 0 Å². The molecular formula is C22H26F3N3O2. The van der Waals surface area contributed by atoms with Gasteiger partial charge < -0.3 is 15.0 Å². The summed E-state index contributed by atoms with van der Waals surface area (Å²) in [5.74, 6) is 0.373. The lowest BCUT2D eigenvalue weighted by Crippen LogP contribution is -2.53. The smallest absolute Gasteiger partial charge is 0.418 e. The molecule has 3 rings (SSSR count). The molecule has 0 unspecified atom stereocenters. The highest BCUT2D eigenvalue weighted by Crippen LogP contribution is 2.34. The first kappa shape index (κ1) is 22.0. The van der Waals surface area contributed by atoms with Gasteiger partial charge in [0.1, 0.15) is 5.75 Å². The molecule has 1 fully saturated rings. The molecule has 1 amide bonds. The normalized spacial score (nSPS) is 16.2. The number of hydrogen-bond donors (Lipinski definition) is 1. The second kappa shape index (κ2) is 9.38. The first-order valence-corrected chi connectivity index (χ1v) is 9.99. The Labute approximate surface area is 174 Å². The van der Waals surface area contributed by atoms with Gasteiger partial charge in [-0.3, -0.25) is 9.69 Å². The van der Waals surface area contributed by atoms with E-state index in [0.29, 0.717) is 32.8 Å². The second-order valence-corrected chi connectivity index (χ2v) is 7.13. The van der Waals surface area contributed by atoms with E-state index in [1.54, 1.807) is 6.92 Å². The Hall–Kier alpha value is -2.74. The third-order valence-corrected chi connectivity index (χ3v) is 5.24. The molecule has 5 nitrogen and oxygen atoms in total. The molecule has 1 atom stereocenters. The maximum Gasteiger partial charge on any atom is 0.418 e. The summed E-state index contributed by atoms with van der Waals surface area (Å²) in [5.41, 5.74) is -0.0516. The Morgan fingerprint density at radius 3 is 2.37 bits per heavy atom. The molecule has 1 N–H and O–H groups in total. The van der Waals surface area contributed by atoms with Crippen molar-refractivity contribution >= 4 is 17.3 Å². The summed E-state index contributed by atoms with van der Waals surface area (Å²) in [6.07, 6.45) is -4.52. The van der Waals surface area contributed by atoms with Crippen molar-refractivity contribution in [3.8, 4) is 5.75 Å². The van der Waals surface area contributed by atoms with Gasteiger partial charge >= 0.3 is 6.18 Å². The van der Waals surface area contributed by atoms with Crippen LogP contribution in [0.15, 0.2) is 48.5 Å². The average molecular weight is 421 g/mol. The van der Waals surface area contributed by atoms with Gasteiger partial charge in [0.25, 0.3) is 0 Å². The van der Waals surface area contributed by atoms with Crippen LogP contribution in [0.4, 0.5) is 24.5 Å². The van der Waals surface area contributed by atoms with Crippen molar-refractivity contribution in [2.24, 2.45) is 0 Å². The van der Waals surface area contributed by atoms with Crippen LogP contribution in [0.5, 0.6) is 5.75 Å². The molecule has 1 heterocycles. The summed E-state index contributed by atoms with van der Waals surface area (Å²) in [4.78, 5) is 16.8. The van der Waals surface area contributed by atoms with Gasteiger partial charge in [0, 0.05) is 26.2 Å². The van der Waals surface area contributed by atoms with Crippen molar-refractivity contribution in [2.75, 3.05) is 43.0 Å². The van der Waals surface area contributed by atoms with Crippen molar-refractivity contribution < 1.29 is 22.7 Å². The van der Waals surface area contributed by atoms with Crippen LogP contribution in [-0.4, -0.2) is 49.6 Å². The van der Waals surface area contributed by atoms with Gasteiger partial charge in [0.15, 0.2) is 0 Å². The molecule has 162 valence electrons. The summed E-state index contributed by atoms with van der Waals surface area (Å²) in [7, 11) is 0. The van der Waals surface area contributed by atoms with Crippen molar-refractivity contribution in [1.82, 2.24) is 4.90 Å². The molecule has 0 bridgehead atoms. The van der Waals surface area contributed by atoms with E-state index in [1.165, 1.54) is 18.2 Å². The first-order valence-electron chi connectivity index (χ1n) is 9.99. The van der Waals surface area contributed by atoms with E-state index in [4.69, 9.17) is 4.74 Å². The number of nitrogens with one attached hydrogen (secondary N) is 1. The highest BCUT2D eigenvalue weighted by Gasteiger charge is 2.34. The lowest BCUT2D eigenvalue weighted by molar-refractivity contribution is -0.137. The topological polar surface area (TPSA) is 44.8 Å². The van der Waals surface area contributed by atoms with E-state index in [-0.39, 0.29) is 5.69 Å². The summed E-state index contributed by atoms with van der Waals surface area (Å²) >= 11 is 0. The molecule has 1 aliphatic heterocycles. The average Bonchev–Trinajstić information content (AvgIpc) is 2.73. The van der Waals surface area contributed by atoms with Crippen LogP contribution < -0.4 is 15.0 Å². The first-order chi connectivity index (χ1) is 14.3. The van der Waals surface area contributed by atoms with Gasteiger partial charge in [-0.05, 0) is 38.1 Å². The Morgan fingerprint density at radius 2 is 1.70 bits per heavy atom. The fourth-order valence-electron chi connectivity index (χ4n) is 3.59. The predicted octanol–water partition coefficient (Wildman–Crippen LogP) is 4.25. The monoisotopic (exact) mass is 421 g/mol. The largest absolute Gasteiger partial charge is 0.492 e. The number of carbonyl (C=O) groups is 1. The molecule has 1 saturated heterocycles. The summed E-state index contributed by atoms with van der Waals surface area (Å²) < 4.78 is 45.2. The molecule has 0 aromatic heterocycles. The zero-order chi connectivity index (χ0) is 21.7. The number of hydrogen-bond acceptors (Lipinski definition) is 4. The summed E-state index contributed by atoms with van der Waals surface area (Å²) in [6.45, 7) is 6.86. The lowest BCUT2D eigenvalue weighted by Gasteiger charge is -2.39. The van der Waals surface area contributed by atoms with Crippen LogP contribution in [-0.2, 0) is 11.0 Å². The molecular weight excluding hydrogens is 395 g/mol. The minimum atomic E-state index is -4.52. The highest BCUT2D eigenvalue weighted by molar-refractivity contribution is 5.95. The maximum absolute atomic E-state index is 13.2. The zero-order valence-electron chi connectivity index (χ0n) is 17.1. The maximum atomic E-state index is 13.2. The number of ether oxygens (including phenoxy) is 1. The van der Waals surface area contributed by atoms with E-state index in [2.05, 4.69) is 10.2 Å². The number of rotatable bonds is 6. The SMILES string of the molecule is CCOc1ccccc1N1CCN([C@H](C)C(=O)Nc2ccccc2C(F)(F)F)CC1. The third kappa shape index (κ3) is 5.05. The van der Waals surface area contributed by atoms with Gasteiger partial charge in [-0.25, -0.2) is 0 Å². The molecule has 2 aromatic rings. The van der Waals surface area contributed by atoms with Crippen LogP contribution in [0, 0.1) is 0 Å². The van der Waals surface area contributed by atoms with Crippen molar-refractivity contribution in [3.63, 3.8) is 0 Å². The number of piperazine rings is 1. The molecule has 0 aliphatic carbocycles. The summed E-state index contributed by atoms with van der Waals surface area (Å²) in [5, 5.41) is 2.45. The van der Waals surface area contributed by atoms with Gasteiger partial charge in [0.2, 0.25) is 5.91 Å². The Bertz CT molecular complexity index is 865. The van der Waals surface area contributed by atoms with Crippen molar-refractivity contribution in [3.05, 3.63) is 54.1 Å². The predicted molar refractivity (Wildman–Crippen MR) is 111 cm³/mol. The molecule has 8 heteroatoms. The van der Waals surface area contributed by atoms with E-state index in [1.807, 2.05) is 36.1 Å². The van der Waals surface area contributed by atoms with Crippen molar-refractivity contribution in [1.29, 1.82) is 0 Å². The Morgan fingerprint density at radius 1 is 1.07 bits per heavy atom. The number of para-hydroxylation sites is 3. The minimum absolute atomic E-state index is 0.217. The van der Waals surface area contributed by atoms with Gasteiger partial charge in [-0.2, -0.15) is 13.2 Å². The number of alkyl halides is 3. The standard InChI is InChI=1S/C22H26F3N3O2/c1-3-30-20-11-7-6-10-19(20)28-14-12-27(13-15-28)16(2)21(29)26-18-9-5-4-8-17(18)22(23,24)25/h4-11,16H,3,12-15H2,1-2H3,(H,26,29)/t16-/m1/s1. The molecule has 0 radical (unpaired) electrons. The molecule has 30 heavy (non-hydrogen) atoms. The van der Waals surface area contributed by atoms with Gasteiger partial charge in [0.05, 0.1) is 29.6 Å². The third-order valence-electron chi connectivity index (χ3n) is 5.24. The lowest BCUT2D eigenvalue weighted by atomic mass is 10.1. The quantitative estimate of drug-likeness (QED) is 0.757. The number of benzene rings is 2. The number of halogens is 3. The van der Waals surface area contributed by atoms with Crippen LogP contribution in [0.2, 0.25) is 0 Å². The molecule has 0 saturated carbocycles. The Kier molecular flexibility index (Phi) is 6.87. The van der Waals surface area contributed by atoms with E-state index < -0.39 is 23.7 Å². The van der Waals surface area contributed by atoms with Crippen molar-refractivity contribution in [2.45, 2.75) is 26.1 Å². The number of carbonyl (C=O) groups excluding carboxylic acids is 1. The molecule has 2 aromatic carbocycles. The molecule has 1 aliphatic rings. The summed E-state index contributed by atoms with van der Waals surface area (Å²) in [6, 6.07) is 12.3. The van der Waals surface area contributed by atoms with Crippen LogP contribution in [0.1, 0.15) is 19.4 Å². The number of nitrogens with zero attached hydrogens (tertiary/aromatic N) is 2. The number of amides is 1. The van der Waals surface area contributed by atoms with Crippen LogP contribution in [0.3, 0.4) is 0 Å². The van der Waals surface area contributed by atoms with Gasteiger partial charge in [-0.15, -0.1) is 0 Å². The van der Waals surface area contributed by atoms with E-state index in [9.17, 15) is 18.0 Å². The van der Waals surface area contributed by atoms with Crippen LogP contribution in [0.25, 0.3) is 0 Å². The Balaban J connectivity index is 1.62. The highest BCUT2D eigenvalue weighted by atomic mass is 19.4. The fraction of sp³-hybridized carbons (Fsp3) is 0.409. The molecule has 0 spiro atoms. The van der Waals surface area contributed by atoms with Gasteiger partial charge in [-0.1, -0.05) is 24.3 Å². The fourth-order valence-corrected chi connectivity index (χ4v) is 3.59. The number of anilines is 2. The second-order valence-electron chi connectivity index (χ2n) is 7.13. The minimum Gasteiger partial charge on any atom is -0.492 e. The van der Waals surface area contributed by atoms with E-state index in [0.717, 1.165) is 17.5 Å².